The van der Waals surface area contributed by atoms with Crippen LogP contribution in [0.3, 0.4) is 0 Å². The number of thiazole rings is 1. The van der Waals surface area contributed by atoms with Crippen molar-refractivity contribution in [2.45, 2.75) is 72.4 Å². The van der Waals surface area contributed by atoms with Gasteiger partial charge in [-0.1, -0.05) is 38.1 Å². The van der Waals surface area contributed by atoms with E-state index >= 15 is 0 Å². The normalized spacial score (nSPS) is 18.6. The Kier molecular flexibility index (Phi) is 12.7. The third-order valence-corrected chi connectivity index (χ3v) is 8.23. The van der Waals surface area contributed by atoms with Crippen molar-refractivity contribution in [3.8, 4) is 10.4 Å². The number of ether oxygens (including phenoxy) is 3. The molecule has 12 heteroatoms. The highest BCUT2D eigenvalue weighted by molar-refractivity contribution is 7.13. The lowest BCUT2D eigenvalue weighted by atomic mass is 9.91. The van der Waals surface area contributed by atoms with Crippen LogP contribution in [0.15, 0.2) is 41.6 Å². The number of rotatable bonds is 14. The van der Waals surface area contributed by atoms with Crippen LogP contribution in [0, 0.1) is 24.2 Å². The predicted octanol–water partition coefficient (Wildman–Crippen LogP) is 4.36. The molecule has 1 saturated heterocycles. The lowest BCUT2D eigenvalue weighted by molar-refractivity contribution is -0.154. The second-order valence-corrected chi connectivity index (χ2v) is 11.7. The number of aryl methyl sites for hydroxylation is 1. The number of carbonyl (C=O) groups excluding carboxylic acids is 2. The van der Waals surface area contributed by atoms with Gasteiger partial charge in [0.1, 0.15) is 18.4 Å². The summed E-state index contributed by atoms with van der Waals surface area (Å²) in [4.78, 5) is 33.8. The molecule has 0 saturated carbocycles. The van der Waals surface area contributed by atoms with Gasteiger partial charge >= 0.3 is 0 Å². The van der Waals surface area contributed by atoms with Gasteiger partial charge in [-0.25, -0.2) is 4.98 Å². The average Bonchev–Trinajstić information content (AvgIpc) is 3.57. The van der Waals surface area contributed by atoms with Crippen molar-refractivity contribution in [2.75, 3.05) is 26.4 Å². The molecule has 2 amide bonds. The zero-order valence-corrected chi connectivity index (χ0v) is 26.5. The van der Waals surface area contributed by atoms with Gasteiger partial charge in [0.15, 0.2) is 6.29 Å². The highest BCUT2D eigenvalue weighted by atomic mass is 32.1. The van der Waals surface area contributed by atoms with Crippen LogP contribution in [0.25, 0.3) is 10.4 Å². The van der Waals surface area contributed by atoms with Crippen LogP contribution in [0.4, 0.5) is 0 Å². The van der Waals surface area contributed by atoms with E-state index in [2.05, 4.69) is 10.3 Å². The number of aliphatic hydroxyl groups excluding tert-OH is 2. The molecule has 1 aromatic carbocycles. The summed E-state index contributed by atoms with van der Waals surface area (Å²) in [5.41, 5.74) is 4.72. The molecule has 0 aliphatic carbocycles. The van der Waals surface area contributed by atoms with Gasteiger partial charge in [0.2, 0.25) is 17.7 Å². The van der Waals surface area contributed by atoms with Gasteiger partial charge in [-0.2, -0.15) is 0 Å². The highest BCUT2D eigenvalue weighted by Gasteiger charge is 2.43. The molecule has 0 unspecified atom stereocenters. The molecule has 0 radical (unpaired) electrons. The average molecular weight is 617 g/mol. The van der Waals surface area contributed by atoms with Crippen molar-refractivity contribution in [3.63, 3.8) is 0 Å². The molecule has 3 rings (SSSR count). The fourth-order valence-electron chi connectivity index (χ4n) is 5.07. The summed E-state index contributed by atoms with van der Waals surface area (Å²) in [6, 6.07) is 6.63. The SMILES string of the molecule is CCOC(COC(=N)/C=C(\O)[C@H](C(=O)N1C[C@H](O)C[C@H]1C(=O)N[C@@H](C)c1ccc(-c2scnc2C)cc1)C(C)C)OCC. The number of hydrogen-bond acceptors (Lipinski definition) is 10. The molecule has 0 spiro atoms. The van der Waals surface area contributed by atoms with Crippen LogP contribution < -0.4 is 5.32 Å². The second-order valence-electron chi connectivity index (χ2n) is 10.8. The Morgan fingerprint density at radius 3 is 2.40 bits per heavy atom. The van der Waals surface area contributed by atoms with Crippen LogP contribution in [-0.2, 0) is 23.8 Å². The number of nitrogens with zero attached hydrogens (tertiary/aromatic N) is 2. The van der Waals surface area contributed by atoms with Crippen molar-refractivity contribution < 1.29 is 34.0 Å². The molecule has 4 atom stereocenters. The molecular formula is C31H44N4O7S. The van der Waals surface area contributed by atoms with E-state index in [4.69, 9.17) is 19.6 Å². The number of likely N-dealkylation sites (tertiary alicyclic amines) is 1. The standard InChI is InChI=1S/C31H44N4O7S/c1-7-40-27(41-8-2)16-42-26(32)14-25(37)28(18(3)4)31(39)35-15-23(36)13-24(35)30(38)34-19(5)21-9-11-22(12-10-21)29-20(6)33-17-43-29/h9-12,14,17-19,23-24,27-28,32,36-37H,7-8,13,15-16H2,1-6H3,(H,34,38)/b25-14-,32-26?/t19-,23+,24-,28+/m0/s1. The molecule has 4 N–H and O–H groups in total. The molecule has 1 aromatic heterocycles. The summed E-state index contributed by atoms with van der Waals surface area (Å²) in [6.07, 6.45) is -0.384. The number of β-amino-alcohol motifs (C(OH)–C–C–N with tert-alkyl or cyclic N) is 1. The molecule has 1 fully saturated rings. The summed E-state index contributed by atoms with van der Waals surface area (Å²) in [5, 5.41) is 32.5. The van der Waals surface area contributed by atoms with Gasteiger partial charge in [0.25, 0.3) is 0 Å². The van der Waals surface area contributed by atoms with Gasteiger partial charge in [-0.3, -0.25) is 15.0 Å². The Labute approximate surface area is 257 Å². The second kappa shape index (κ2) is 15.9. The van der Waals surface area contributed by atoms with E-state index in [9.17, 15) is 19.8 Å². The van der Waals surface area contributed by atoms with Crippen LogP contribution in [-0.4, -0.2) is 82.6 Å². The van der Waals surface area contributed by atoms with E-state index in [0.29, 0.717) is 13.2 Å². The number of benzene rings is 1. The summed E-state index contributed by atoms with van der Waals surface area (Å²) < 4.78 is 16.2. The molecule has 2 aromatic rings. The first kappa shape index (κ1) is 34.2. The Bertz CT molecular complexity index is 1260. The molecule has 0 bridgehead atoms. The van der Waals surface area contributed by atoms with Crippen LogP contribution >= 0.6 is 11.3 Å². The molecule has 1 aliphatic rings. The molecule has 43 heavy (non-hydrogen) atoms. The summed E-state index contributed by atoms with van der Waals surface area (Å²) in [5.74, 6) is -3.02. The summed E-state index contributed by atoms with van der Waals surface area (Å²) in [6.45, 7) is 11.7. The van der Waals surface area contributed by atoms with Crippen molar-refractivity contribution in [2.24, 2.45) is 11.8 Å². The van der Waals surface area contributed by atoms with Crippen LogP contribution in [0.2, 0.25) is 0 Å². The fourth-order valence-corrected chi connectivity index (χ4v) is 5.88. The van der Waals surface area contributed by atoms with Crippen LogP contribution in [0.5, 0.6) is 0 Å². The predicted molar refractivity (Wildman–Crippen MR) is 165 cm³/mol. The van der Waals surface area contributed by atoms with E-state index in [0.717, 1.165) is 27.8 Å². The third-order valence-electron chi connectivity index (χ3n) is 7.25. The maximum atomic E-state index is 13.7. The monoisotopic (exact) mass is 616 g/mol. The highest BCUT2D eigenvalue weighted by Crippen LogP contribution is 2.30. The minimum absolute atomic E-state index is 0.0387. The molecule has 11 nitrogen and oxygen atoms in total. The van der Waals surface area contributed by atoms with E-state index in [1.54, 1.807) is 25.2 Å². The third kappa shape index (κ3) is 9.09. The van der Waals surface area contributed by atoms with E-state index in [-0.39, 0.29) is 49.1 Å². The van der Waals surface area contributed by atoms with Gasteiger partial charge in [-0.15, -0.1) is 11.3 Å². The zero-order valence-electron chi connectivity index (χ0n) is 25.7. The molecular weight excluding hydrogens is 572 g/mol. The van der Waals surface area contributed by atoms with Gasteiger partial charge < -0.3 is 34.6 Å². The maximum Gasteiger partial charge on any atom is 0.243 e. The van der Waals surface area contributed by atoms with Gasteiger partial charge in [0.05, 0.1) is 34.1 Å². The quantitative estimate of drug-likeness (QED) is 0.106. The lowest BCUT2D eigenvalue weighted by Crippen LogP contribution is -2.49. The number of hydrogen-bond donors (Lipinski definition) is 4. The first-order valence-electron chi connectivity index (χ1n) is 14.6. The van der Waals surface area contributed by atoms with Crippen molar-refractivity contribution in [1.82, 2.24) is 15.2 Å². The van der Waals surface area contributed by atoms with Crippen molar-refractivity contribution in [3.05, 3.63) is 52.9 Å². The van der Waals surface area contributed by atoms with Gasteiger partial charge in [0, 0.05) is 32.3 Å². The Morgan fingerprint density at radius 2 is 1.84 bits per heavy atom. The largest absolute Gasteiger partial charge is 0.511 e. The topological polar surface area (TPSA) is 154 Å². The number of carbonyl (C=O) groups is 2. The van der Waals surface area contributed by atoms with E-state index in [1.165, 1.54) is 4.90 Å². The first-order chi connectivity index (χ1) is 20.5. The van der Waals surface area contributed by atoms with E-state index in [1.807, 2.05) is 57.5 Å². The van der Waals surface area contributed by atoms with Crippen molar-refractivity contribution in [1.29, 1.82) is 5.41 Å². The lowest BCUT2D eigenvalue weighted by Gasteiger charge is -2.30. The molecule has 1 aliphatic heterocycles. The van der Waals surface area contributed by atoms with Crippen LogP contribution in [0.1, 0.15) is 58.3 Å². The zero-order chi connectivity index (χ0) is 31.7. The van der Waals surface area contributed by atoms with Crippen molar-refractivity contribution >= 4 is 29.0 Å². The first-order valence-corrected chi connectivity index (χ1v) is 15.5. The fraction of sp³-hybridized carbons (Fsp3) is 0.548. The Morgan fingerprint density at radius 1 is 1.19 bits per heavy atom. The number of amides is 2. The number of aliphatic hydroxyl groups is 2. The Balaban J connectivity index is 1.68. The molecule has 2 heterocycles. The maximum absolute atomic E-state index is 13.7. The Hall–Kier alpha value is -3.32. The summed E-state index contributed by atoms with van der Waals surface area (Å²) >= 11 is 1.57. The number of nitrogens with one attached hydrogen (secondary N) is 2. The molecule has 236 valence electrons. The minimum Gasteiger partial charge on any atom is -0.511 e. The number of aromatic nitrogens is 1. The minimum atomic E-state index is -1.04. The van der Waals surface area contributed by atoms with E-state index < -0.39 is 30.3 Å². The summed E-state index contributed by atoms with van der Waals surface area (Å²) in [7, 11) is 0. The smallest absolute Gasteiger partial charge is 0.243 e. The van der Waals surface area contributed by atoms with Gasteiger partial charge in [-0.05, 0) is 44.7 Å².